The molecule has 1 aliphatic heterocycles. The average molecular weight is 393 g/mol. The molecule has 0 aromatic heterocycles. The first kappa shape index (κ1) is 18.3. The molecule has 8 heteroatoms. The summed E-state index contributed by atoms with van der Waals surface area (Å²) in [6.45, 7) is -0.0259. The number of amides is 2. The zero-order valence-electron chi connectivity index (χ0n) is 13.7. The van der Waals surface area contributed by atoms with E-state index < -0.39 is 17.0 Å². The number of nitrogens with zero attached hydrogens (tertiary/aromatic N) is 1. The van der Waals surface area contributed by atoms with Crippen LogP contribution in [0.15, 0.2) is 47.4 Å². The first-order chi connectivity index (χ1) is 12.5. The number of rotatable bonds is 5. The van der Waals surface area contributed by atoms with E-state index in [-0.39, 0.29) is 17.1 Å². The largest absolute Gasteiger partial charge is 0.495 e. The van der Waals surface area contributed by atoms with Gasteiger partial charge in [-0.3, -0.25) is 14.5 Å². The highest BCUT2D eigenvalue weighted by Gasteiger charge is 2.35. The van der Waals surface area contributed by atoms with Crippen molar-refractivity contribution in [1.82, 2.24) is 4.90 Å². The molecule has 1 saturated heterocycles. The summed E-state index contributed by atoms with van der Waals surface area (Å²) in [5.41, 5.74) is 0.890. The lowest BCUT2D eigenvalue weighted by molar-refractivity contribution is -0.122. The fourth-order valence-corrected chi connectivity index (χ4v) is 3.40. The normalized spacial score (nSPS) is 15.7. The number of benzene rings is 2. The molecular formula is C18H14ClFN2O3S. The van der Waals surface area contributed by atoms with E-state index in [1.165, 1.54) is 19.3 Å². The van der Waals surface area contributed by atoms with Crippen LogP contribution in [0.2, 0.25) is 5.02 Å². The van der Waals surface area contributed by atoms with Gasteiger partial charge in [-0.05, 0) is 42.1 Å². The van der Waals surface area contributed by atoms with Crippen LogP contribution in [0.3, 0.4) is 0 Å². The molecule has 134 valence electrons. The van der Waals surface area contributed by atoms with Gasteiger partial charge in [-0.15, -0.1) is 0 Å². The van der Waals surface area contributed by atoms with Crippen LogP contribution >= 0.6 is 23.4 Å². The summed E-state index contributed by atoms with van der Waals surface area (Å²) in [4.78, 5) is 25.8. The van der Waals surface area contributed by atoms with E-state index in [2.05, 4.69) is 5.32 Å². The van der Waals surface area contributed by atoms with Crippen LogP contribution in [0.25, 0.3) is 6.08 Å². The number of carbonyl (C=O) groups excluding carboxylic acids is 2. The maximum atomic E-state index is 13.7. The number of methoxy groups -OCH3 is 1. The van der Waals surface area contributed by atoms with Crippen LogP contribution < -0.4 is 10.1 Å². The predicted molar refractivity (Wildman–Crippen MR) is 101 cm³/mol. The van der Waals surface area contributed by atoms with Crippen molar-refractivity contribution in [2.45, 2.75) is 0 Å². The van der Waals surface area contributed by atoms with Crippen LogP contribution in [0.5, 0.6) is 5.75 Å². The van der Waals surface area contributed by atoms with Crippen molar-refractivity contribution in [3.8, 4) is 5.75 Å². The molecule has 1 N–H and O–H groups in total. The van der Waals surface area contributed by atoms with E-state index in [1.54, 1.807) is 36.4 Å². The van der Waals surface area contributed by atoms with Gasteiger partial charge in [0, 0.05) is 11.3 Å². The van der Waals surface area contributed by atoms with Gasteiger partial charge in [0.25, 0.3) is 11.1 Å². The molecule has 5 nitrogen and oxygen atoms in total. The van der Waals surface area contributed by atoms with Gasteiger partial charge in [-0.25, -0.2) is 4.39 Å². The Balaban J connectivity index is 1.71. The third kappa shape index (κ3) is 3.84. The van der Waals surface area contributed by atoms with Gasteiger partial charge in [0.15, 0.2) is 0 Å². The molecule has 2 aromatic carbocycles. The highest BCUT2D eigenvalue weighted by Crippen LogP contribution is 2.33. The zero-order valence-corrected chi connectivity index (χ0v) is 15.2. The maximum absolute atomic E-state index is 13.7. The van der Waals surface area contributed by atoms with Crippen LogP contribution in [0, 0.1) is 5.82 Å². The lowest BCUT2D eigenvalue weighted by Crippen LogP contribution is -2.33. The molecule has 26 heavy (non-hydrogen) atoms. The molecule has 0 spiro atoms. The van der Waals surface area contributed by atoms with Gasteiger partial charge in [-0.2, -0.15) is 0 Å². The number of thioether (sulfide) groups is 1. The number of hydrogen-bond acceptors (Lipinski definition) is 5. The fourth-order valence-electron chi connectivity index (χ4n) is 2.32. The lowest BCUT2D eigenvalue weighted by atomic mass is 10.2. The lowest BCUT2D eigenvalue weighted by Gasteiger charge is -2.15. The minimum absolute atomic E-state index is 0.0259. The van der Waals surface area contributed by atoms with E-state index in [9.17, 15) is 14.0 Å². The van der Waals surface area contributed by atoms with Crippen molar-refractivity contribution < 1.29 is 18.7 Å². The summed E-state index contributed by atoms with van der Waals surface area (Å²) in [7, 11) is 1.51. The molecular weight excluding hydrogens is 379 g/mol. The Hall–Kier alpha value is -2.51. The third-order valence-corrected chi connectivity index (χ3v) is 4.86. The molecule has 0 unspecified atom stereocenters. The quantitative estimate of drug-likeness (QED) is 0.754. The molecule has 0 saturated carbocycles. The number of anilines is 1. The monoisotopic (exact) mass is 392 g/mol. The van der Waals surface area contributed by atoms with Crippen molar-refractivity contribution in [3.05, 3.63) is 63.8 Å². The Bertz CT molecular complexity index is 904. The second-order valence-corrected chi connectivity index (χ2v) is 6.72. The molecule has 0 bridgehead atoms. The number of ether oxygens (including phenoxy) is 1. The summed E-state index contributed by atoms with van der Waals surface area (Å²) in [5.74, 6) is -0.406. The van der Waals surface area contributed by atoms with E-state index in [0.29, 0.717) is 16.5 Å². The average Bonchev–Trinajstić information content (AvgIpc) is 2.88. The Kier molecular flexibility index (Phi) is 5.49. The molecule has 0 radical (unpaired) electrons. The molecule has 1 aliphatic rings. The third-order valence-electron chi connectivity index (χ3n) is 3.66. The van der Waals surface area contributed by atoms with Crippen molar-refractivity contribution >= 4 is 46.3 Å². The first-order valence-electron chi connectivity index (χ1n) is 7.57. The minimum Gasteiger partial charge on any atom is -0.495 e. The molecule has 3 rings (SSSR count). The first-order valence-corrected chi connectivity index (χ1v) is 8.76. The van der Waals surface area contributed by atoms with Crippen LogP contribution in [-0.2, 0) is 4.79 Å². The van der Waals surface area contributed by atoms with Gasteiger partial charge < -0.3 is 10.1 Å². The molecule has 0 atom stereocenters. The smallest absolute Gasteiger partial charge is 0.295 e. The number of imide groups is 1. The van der Waals surface area contributed by atoms with Crippen LogP contribution in [0.1, 0.15) is 5.56 Å². The Labute approximate surface area is 158 Å². The highest BCUT2D eigenvalue weighted by atomic mass is 35.5. The second kappa shape index (κ2) is 7.80. The number of carbonyl (C=O) groups is 2. The van der Waals surface area contributed by atoms with Crippen LogP contribution in [-0.4, -0.2) is 29.8 Å². The number of hydrogen-bond donors (Lipinski definition) is 1. The van der Waals surface area contributed by atoms with Crippen molar-refractivity contribution in [2.75, 3.05) is 19.1 Å². The highest BCUT2D eigenvalue weighted by molar-refractivity contribution is 8.18. The summed E-state index contributed by atoms with van der Waals surface area (Å²) in [6, 6.07) is 11.1. The molecule has 1 fully saturated rings. The molecule has 2 amide bonds. The summed E-state index contributed by atoms with van der Waals surface area (Å²) < 4.78 is 18.8. The van der Waals surface area contributed by atoms with Crippen molar-refractivity contribution in [1.29, 1.82) is 0 Å². The minimum atomic E-state index is -0.477. The second-order valence-electron chi connectivity index (χ2n) is 5.32. The van der Waals surface area contributed by atoms with E-state index in [1.807, 2.05) is 0 Å². The van der Waals surface area contributed by atoms with Gasteiger partial charge in [-0.1, -0.05) is 29.8 Å². The molecule has 2 aromatic rings. The van der Waals surface area contributed by atoms with Crippen molar-refractivity contribution in [3.63, 3.8) is 0 Å². The molecule has 1 heterocycles. The maximum Gasteiger partial charge on any atom is 0.295 e. The Morgan fingerprint density at radius 3 is 2.73 bits per heavy atom. The van der Waals surface area contributed by atoms with E-state index in [4.69, 9.17) is 16.3 Å². The van der Waals surface area contributed by atoms with Crippen molar-refractivity contribution in [2.24, 2.45) is 0 Å². The topological polar surface area (TPSA) is 58.6 Å². The Morgan fingerprint density at radius 2 is 2.04 bits per heavy atom. The van der Waals surface area contributed by atoms with Crippen LogP contribution in [0.4, 0.5) is 14.9 Å². The van der Waals surface area contributed by atoms with E-state index >= 15 is 0 Å². The van der Waals surface area contributed by atoms with Gasteiger partial charge in [0.2, 0.25) is 0 Å². The standard InChI is InChI=1S/C18H14ClFN2O3S/c1-25-15-7-6-12(9-13(15)19)21-10-22-17(23)16(26-18(22)24)8-11-4-2-3-5-14(11)20/h2-9,21H,10H2,1H3/b16-8+. The van der Waals surface area contributed by atoms with Gasteiger partial charge >= 0.3 is 0 Å². The predicted octanol–water partition coefficient (Wildman–Crippen LogP) is 4.59. The summed E-state index contributed by atoms with van der Waals surface area (Å²) in [6.07, 6.45) is 1.38. The zero-order chi connectivity index (χ0) is 18.7. The van der Waals surface area contributed by atoms with E-state index in [0.717, 1.165) is 16.7 Å². The molecule has 0 aliphatic carbocycles. The SMILES string of the molecule is COc1ccc(NCN2C(=O)S/C(=C/c3ccccc3F)C2=O)cc1Cl. The van der Waals surface area contributed by atoms with Gasteiger partial charge in [0.1, 0.15) is 11.6 Å². The van der Waals surface area contributed by atoms with Gasteiger partial charge in [0.05, 0.1) is 23.7 Å². The summed E-state index contributed by atoms with van der Waals surface area (Å²) in [5, 5.41) is 2.95. The Morgan fingerprint density at radius 1 is 1.27 bits per heavy atom. The fraction of sp³-hybridized carbons (Fsp3) is 0.111. The summed E-state index contributed by atoms with van der Waals surface area (Å²) >= 11 is 6.82. The number of nitrogens with one attached hydrogen (secondary N) is 1. The number of halogens is 2.